The summed E-state index contributed by atoms with van der Waals surface area (Å²) in [7, 11) is 0. The first-order chi connectivity index (χ1) is 9.97. The van der Waals surface area contributed by atoms with E-state index in [1.54, 1.807) is 11.8 Å². The molecule has 1 saturated carbocycles. The lowest BCUT2D eigenvalue weighted by atomic mass is 9.88. The number of hydrogen-bond acceptors (Lipinski definition) is 4. The van der Waals surface area contributed by atoms with E-state index in [4.69, 9.17) is 11.6 Å². The molecule has 0 aromatic heterocycles. The van der Waals surface area contributed by atoms with Crippen LogP contribution < -0.4 is 5.32 Å². The lowest BCUT2D eigenvalue weighted by molar-refractivity contribution is -0.384. The number of benzene rings is 1. The molecule has 1 aromatic carbocycles. The summed E-state index contributed by atoms with van der Waals surface area (Å²) in [4.78, 5) is 10.4. The van der Waals surface area contributed by atoms with Crippen LogP contribution in [0.15, 0.2) is 12.1 Å². The summed E-state index contributed by atoms with van der Waals surface area (Å²) in [5, 5.41) is 14.0. The predicted octanol–water partition coefficient (Wildman–Crippen LogP) is 4.87. The maximum absolute atomic E-state index is 13.4. The summed E-state index contributed by atoms with van der Waals surface area (Å²) < 4.78 is 13.5. The molecule has 7 heteroatoms. The third-order valence-electron chi connectivity index (χ3n) is 4.03. The number of hydrogen-bond donors (Lipinski definition) is 1. The van der Waals surface area contributed by atoms with Crippen LogP contribution in [-0.2, 0) is 0 Å². The van der Waals surface area contributed by atoms with Gasteiger partial charge in [0, 0.05) is 11.3 Å². The highest BCUT2D eigenvalue weighted by Crippen LogP contribution is 2.39. The zero-order valence-corrected chi connectivity index (χ0v) is 13.4. The first kappa shape index (κ1) is 16.4. The van der Waals surface area contributed by atoms with Gasteiger partial charge in [-0.3, -0.25) is 10.1 Å². The van der Waals surface area contributed by atoms with Gasteiger partial charge in [-0.2, -0.15) is 11.8 Å². The highest BCUT2D eigenvalue weighted by atomic mass is 35.5. The first-order valence-electron chi connectivity index (χ1n) is 6.90. The lowest BCUT2D eigenvalue weighted by Crippen LogP contribution is -2.35. The van der Waals surface area contributed by atoms with Crippen LogP contribution in [0.4, 0.5) is 15.8 Å². The molecule has 116 valence electrons. The van der Waals surface area contributed by atoms with Crippen molar-refractivity contribution in [1.82, 2.24) is 0 Å². The number of nitrogens with one attached hydrogen (secondary N) is 1. The molecule has 0 radical (unpaired) electrons. The van der Waals surface area contributed by atoms with Crippen molar-refractivity contribution >= 4 is 34.7 Å². The van der Waals surface area contributed by atoms with E-state index in [-0.39, 0.29) is 21.1 Å². The number of halogens is 2. The maximum atomic E-state index is 13.4. The van der Waals surface area contributed by atoms with E-state index in [0.29, 0.717) is 6.54 Å². The largest absolute Gasteiger partial charge is 0.378 e. The second-order valence-corrected chi connectivity index (χ2v) is 7.02. The second-order valence-electron chi connectivity index (χ2n) is 5.34. The van der Waals surface area contributed by atoms with Crippen molar-refractivity contribution in [2.75, 3.05) is 18.1 Å². The van der Waals surface area contributed by atoms with E-state index in [1.165, 1.54) is 25.3 Å². The van der Waals surface area contributed by atoms with Crippen molar-refractivity contribution in [3.05, 3.63) is 33.1 Å². The average molecular weight is 333 g/mol. The Balaban J connectivity index is 2.18. The van der Waals surface area contributed by atoms with E-state index in [2.05, 4.69) is 11.6 Å². The van der Waals surface area contributed by atoms with E-state index < -0.39 is 10.7 Å². The SMILES string of the molecule is CSC1(CNc2cc(Cl)c(F)cc2[N+](=O)[O-])CCCCC1. The Morgan fingerprint density at radius 3 is 2.67 bits per heavy atom. The molecule has 4 nitrogen and oxygen atoms in total. The van der Waals surface area contributed by atoms with E-state index in [0.717, 1.165) is 18.9 Å². The van der Waals surface area contributed by atoms with Gasteiger partial charge >= 0.3 is 0 Å². The summed E-state index contributed by atoms with van der Waals surface area (Å²) in [5.41, 5.74) is 0.00867. The third-order valence-corrected chi connectivity index (χ3v) is 5.74. The monoisotopic (exact) mass is 332 g/mol. The Labute approximate surface area is 132 Å². The van der Waals surface area contributed by atoms with Gasteiger partial charge in [0.2, 0.25) is 0 Å². The molecule has 1 N–H and O–H groups in total. The zero-order valence-electron chi connectivity index (χ0n) is 11.8. The molecule has 1 aromatic rings. The fourth-order valence-electron chi connectivity index (χ4n) is 2.73. The summed E-state index contributed by atoms with van der Waals surface area (Å²) >= 11 is 7.53. The molecular weight excluding hydrogens is 315 g/mol. The number of nitro groups is 1. The van der Waals surface area contributed by atoms with Crippen molar-refractivity contribution in [1.29, 1.82) is 0 Å². The van der Waals surface area contributed by atoms with Crippen molar-refractivity contribution in [3.63, 3.8) is 0 Å². The summed E-state index contributed by atoms with van der Waals surface area (Å²) in [6.45, 7) is 0.622. The molecule has 1 fully saturated rings. The average Bonchev–Trinajstić information content (AvgIpc) is 2.48. The fraction of sp³-hybridized carbons (Fsp3) is 0.571. The van der Waals surface area contributed by atoms with E-state index >= 15 is 0 Å². The van der Waals surface area contributed by atoms with Crippen LogP contribution in [0.25, 0.3) is 0 Å². The van der Waals surface area contributed by atoms with Crippen LogP contribution in [-0.4, -0.2) is 22.5 Å². The van der Waals surface area contributed by atoms with Gasteiger partial charge in [-0.25, -0.2) is 4.39 Å². The molecule has 21 heavy (non-hydrogen) atoms. The Hall–Kier alpha value is -1.01. The maximum Gasteiger partial charge on any atom is 0.295 e. The molecule has 0 amide bonds. The summed E-state index contributed by atoms with van der Waals surface area (Å²) in [6.07, 6.45) is 7.83. The number of nitro benzene ring substituents is 1. The van der Waals surface area contributed by atoms with E-state index in [9.17, 15) is 14.5 Å². The quantitative estimate of drug-likeness (QED) is 0.617. The molecule has 0 saturated heterocycles. The standard InChI is InChI=1S/C14H18ClFN2O2S/c1-21-14(5-3-2-4-6-14)9-17-12-7-10(15)11(16)8-13(12)18(19)20/h7-8,17H,2-6,9H2,1H3. The van der Waals surface area contributed by atoms with Gasteiger partial charge in [-0.1, -0.05) is 30.9 Å². The van der Waals surface area contributed by atoms with Gasteiger partial charge in [-0.15, -0.1) is 0 Å². The minimum Gasteiger partial charge on any atom is -0.378 e. The Morgan fingerprint density at radius 1 is 1.43 bits per heavy atom. The van der Waals surface area contributed by atoms with Crippen molar-refractivity contribution in [2.45, 2.75) is 36.9 Å². The van der Waals surface area contributed by atoms with Crippen LogP contribution in [0.5, 0.6) is 0 Å². The van der Waals surface area contributed by atoms with Crippen LogP contribution >= 0.6 is 23.4 Å². The normalized spacial score (nSPS) is 17.5. The lowest BCUT2D eigenvalue weighted by Gasteiger charge is -2.36. The Bertz CT molecular complexity index is 536. The number of rotatable bonds is 5. The van der Waals surface area contributed by atoms with E-state index in [1.807, 2.05) is 0 Å². The Morgan fingerprint density at radius 2 is 2.10 bits per heavy atom. The molecule has 2 rings (SSSR count). The summed E-state index contributed by atoms with van der Waals surface area (Å²) in [5.74, 6) is -0.772. The van der Waals surface area contributed by atoms with Crippen molar-refractivity contribution < 1.29 is 9.31 Å². The zero-order chi connectivity index (χ0) is 15.5. The minimum atomic E-state index is -0.772. The topological polar surface area (TPSA) is 55.2 Å². The molecule has 1 aliphatic rings. The molecule has 0 aliphatic heterocycles. The second kappa shape index (κ2) is 6.83. The van der Waals surface area contributed by atoms with Crippen LogP contribution in [0.2, 0.25) is 5.02 Å². The predicted molar refractivity (Wildman–Crippen MR) is 85.9 cm³/mol. The van der Waals surface area contributed by atoms with Gasteiger partial charge in [0.1, 0.15) is 11.5 Å². The van der Waals surface area contributed by atoms with Gasteiger partial charge in [0.15, 0.2) is 0 Å². The minimum absolute atomic E-state index is 0.0903. The number of nitrogens with zero attached hydrogens (tertiary/aromatic N) is 1. The molecular formula is C14H18ClFN2O2S. The smallest absolute Gasteiger partial charge is 0.295 e. The van der Waals surface area contributed by atoms with Gasteiger partial charge in [0.05, 0.1) is 16.0 Å². The molecule has 0 spiro atoms. The molecule has 0 bridgehead atoms. The van der Waals surface area contributed by atoms with Crippen LogP contribution in [0, 0.1) is 15.9 Å². The Kier molecular flexibility index (Phi) is 5.32. The highest BCUT2D eigenvalue weighted by molar-refractivity contribution is 8.00. The molecule has 1 aliphatic carbocycles. The third kappa shape index (κ3) is 3.80. The van der Waals surface area contributed by atoms with Gasteiger partial charge in [-0.05, 0) is 25.2 Å². The highest BCUT2D eigenvalue weighted by Gasteiger charge is 2.31. The van der Waals surface area contributed by atoms with Gasteiger partial charge in [0.25, 0.3) is 5.69 Å². The first-order valence-corrected chi connectivity index (χ1v) is 8.50. The molecule has 0 atom stereocenters. The van der Waals surface area contributed by atoms with Gasteiger partial charge < -0.3 is 5.32 Å². The number of anilines is 1. The number of thioether (sulfide) groups is 1. The summed E-state index contributed by atoms with van der Waals surface area (Å²) in [6, 6.07) is 2.17. The van der Waals surface area contributed by atoms with Crippen molar-refractivity contribution in [3.8, 4) is 0 Å². The fourth-order valence-corrected chi connectivity index (χ4v) is 3.81. The molecule has 0 unspecified atom stereocenters. The van der Waals surface area contributed by atoms with Crippen LogP contribution in [0.1, 0.15) is 32.1 Å². The van der Waals surface area contributed by atoms with Crippen LogP contribution in [0.3, 0.4) is 0 Å². The van der Waals surface area contributed by atoms with Crippen molar-refractivity contribution in [2.24, 2.45) is 0 Å². The molecule has 0 heterocycles.